The molecule has 0 saturated heterocycles. The summed E-state index contributed by atoms with van der Waals surface area (Å²) in [4.78, 5) is 16.4. The van der Waals surface area contributed by atoms with Gasteiger partial charge in [-0.3, -0.25) is 4.79 Å². The second-order valence-corrected chi connectivity index (χ2v) is 6.14. The molecule has 0 spiro atoms. The van der Waals surface area contributed by atoms with E-state index in [1.54, 1.807) is 12.1 Å². The molecule has 0 saturated carbocycles. The van der Waals surface area contributed by atoms with Crippen molar-refractivity contribution in [2.75, 3.05) is 25.5 Å². The fourth-order valence-corrected chi connectivity index (χ4v) is 1.75. The van der Waals surface area contributed by atoms with Crippen molar-refractivity contribution in [3.63, 3.8) is 0 Å². The zero-order valence-electron chi connectivity index (χ0n) is 13.5. The molecule has 118 valence electrons. The van der Waals surface area contributed by atoms with Crippen molar-refractivity contribution >= 4 is 11.7 Å². The first-order chi connectivity index (χ1) is 9.84. The van der Waals surface area contributed by atoms with E-state index in [1.807, 2.05) is 20.8 Å². The number of nitrogens with two attached hydrogens (primary N) is 1. The number of pyridine rings is 1. The van der Waals surface area contributed by atoms with E-state index in [-0.39, 0.29) is 11.3 Å². The molecule has 3 N–H and O–H groups in total. The van der Waals surface area contributed by atoms with Crippen molar-refractivity contribution in [3.05, 3.63) is 23.4 Å². The fraction of sp³-hybridized carbons (Fsp3) is 0.625. The second-order valence-electron chi connectivity index (χ2n) is 6.14. The van der Waals surface area contributed by atoms with E-state index in [4.69, 9.17) is 10.5 Å². The smallest absolute Gasteiger partial charge is 0.251 e. The zero-order chi connectivity index (χ0) is 15.9. The van der Waals surface area contributed by atoms with Crippen LogP contribution in [0.15, 0.2) is 12.1 Å². The molecule has 1 heterocycles. The summed E-state index contributed by atoms with van der Waals surface area (Å²) in [5.41, 5.74) is 7.00. The Hall–Kier alpha value is -1.62. The molecular weight excluding hydrogens is 266 g/mol. The number of unbranched alkanes of at least 4 members (excludes halogenated alkanes) is 1. The number of anilines is 1. The van der Waals surface area contributed by atoms with Gasteiger partial charge in [0.05, 0.1) is 6.61 Å². The van der Waals surface area contributed by atoms with Crippen LogP contribution in [-0.4, -0.2) is 30.6 Å². The largest absolute Gasteiger partial charge is 0.384 e. The third kappa shape index (κ3) is 6.12. The predicted molar refractivity (Wildman–Crippen MR) is 85.4 cm³/mol. The number of ether oxygens (including phenoxy) is 1. The summed E-state index contributed by atoms with van der Waals surface area (Å²) in [6.07, 6.45) is 2.15. The number of carbonyl (C=O) groups is 1. The summed E-state index contributed by atoms with van der Waals surface area (Å²) >= 11 is 0. The lowest BCUT2D eigenvalue weighted by atomic mass is 9.90. The maximum Gasteiger partial charge on any atom is 0.251 e. The van der Waals surface area contributed by atoms with Gasteiger partial charge in [-0.15, -0.1) is 0 Å². The molecule has 5 nitrogen and oxygen atoms in total. The molecule has 1 aromatic rings. The van der Waals surface area contributed by atoms with Crippen LogP contribution in [0.25, 0.3) is 0 Å². The van der Waals surface area contributed by atoms with Crippen LogP contribution in [0.2, 0.25) is 0 Å². The molecule has 0 bridgehead atoms. The lowest BCUT2D eigenvalue weighted by molar-refractivity contribution is 0.0912. The van der Waals surface area contributed by atoms with Crippen LogP contribution in [0.5, 0.6) is 0 Å². The van der Waals surface area contributed by atoms with Gasteiger partial charge in [0.1, 0.15) is 5.82 Å². The first kappa shape index (κ1) is 17.4. The molecule has 0 atom stereocenters. The average Bonchev–Trinajstić information content (AvgIpc) is 2.40. The fourth-order valence-electron chi connectivity index (χ4n) is 1.75. The van der Waals surface area contributed by atoms with Crippen LogP contribution in [0.4, 0.5) is 5.82 Å². The molecule has 1 amide bonds. The highest BCUT2D eigenvalue weighted by Crippen LogP contribution is 2.22. The van der Waals surface area contributed by atoms with Crippen molar-refractivity contribution in [2.45, 2.75) is 46.0 Å². The number of nitrogen functional groups attached to an aromatic ring is 1. The number of rotatable bonds is 7. The van der Waals surface area contributed by atoms with Crippen LogP contribution in [-0.2, 0) is 10.2 Å². The highest BCUT2D eigenvalue weighted by Gasteiger charge is 2.18. The Balaban J connectivity index is 2.56. The van der Waals surface area contributed by atoms with E-state index in [0.29, 0.717) is 24.5 Å². The number of amides is 1. The van der Waals surface area contributed by atoms with Crippen molar-refractivity contribution in [2.24, 2.45) is 0 Å². The molecule has 0 radical (unpaired) electrons. The van der Waals surface area contributed by atoms with Gasteiger partial charge in [0.15, 0.2) is 0 Å². The third-order valence-corrected chi connectivity index (χ3v) is 3.05. The quantitative estimate of drug-likeness (QED) is 0.757. The van der Waals surface area contributed by atoms with E-state index in [9.17, 15) is 4.79 Å². The van der Waals surface area contributed by atoms with Gasteiger partial charge in [-0.1, -0.05) is 34.1 Å². The maximum absolute atomic E-state index is 12.1. The molecule has 0 aromatic carbocycles. The van der Waals surface area contributed by atoms with Gasteiger partial charge in [0.2, 0.25) is 0 Å². The summed E-state index contributed by atoms with van der Waals surface area (Å²) in [5.74, 6) is 0.223. The van der Waals surface area contributed by atoms with E-state index < -0.39 is 0 Å². The minimum absolute atomic E-state index is 0.145. The number of hydrogen-bond donors (Lipinski definition) is 2. The Kier molecular flexibility index (Phi) is 6.62. The molecule has 0 aliphatic heterocycles. The normalized spacial score (nSPS) is 11.4. The van der Waals surface area contributed by atoms with Gasteiger partial charge < -0.3 is 15.8 Å². The number of nitrogens with zero attached hydrogens (tertiary/aromatic N) is 1. The van der Waals surface area contributed by atoms with Gasteiger partial charge in [0.25, 0.3) is 5.91 Å². The van der Waals surface area contributed by atoms with Gasteiger partial charge in [-0.25, -0.2) is 4.98 Å². The van der Waals surface area contributed by atoms with Gasteiger partial charge in [-0.2, -0.15) is 0 Å². The first-order valence-electron chi connectivity index (χ1n) is 7.48. The minimum Gasteiger partial charge on any atom is -0.384 e. The first-order valence-corrected chi connectivity index (χ1v) is 7.48. The Labute approximate surface area is 127 Å². The van der Waals surface area contributed by atoms with Crippen molar-refractivity contribution in [1.82, 2.24) is 10.3 Å². The standard InChI is InChI=1S/C16H27N3O2/c1-5-6-8-21-9-7-18-15(20)12-10-13(16(2,3)4)19-14(17)11-12/h10-11H,5-9H2,1-4H3,(H2,17,19)(H,18,20). The number of aromatic nitrogens is 1. The Morgan fingerprint density at radius 2 is 2.05 bits per heavy atom. The van der Waals surface area contributed by atoms with Crippen LogP contribution in [0.3, 0.4) is 0 Å². The lowest BCUT2D eigenvalue weighted by Gasteiger charge is -2.19. The lowest BCUT2D eigenvalue weighted by Crippen LogP contribution is -2.28. The molecular formula is C16H27N3O2. The molecule has 21 heavy (non-hydrogen) atoms. The Morgan fingerprint density at radius 1 is 1.33 bits per heavy atom. The minimum atomic E-state index is -0.145. The van der Waals surface area contributed by atoms with Crippen LogP contribution >= 0.6 is 0 Å². The highest BCUT2D eigenvalue weighted by molar-refractivity contribution is 5.94. The Bertz CT molecular complexity index is 467. The summed E-state index contributed by atoms with van der Waals surface area (Å²) < 4.78 is 5.41. The van der Waals surface area contributed by atoms with Crippen molar-refractivity contribution in [1.29, 1.82) is 0 Å². The van der Waals surface area contributed by atoms with Crippen molar-refractivity contribution < 1.29 is 9.53 Å². The number of hydrogen-bond acceptors (Lipinski definition) is 4. The zero-order valence-corrected chi connectivity index (χ0v) is 13.5. The Morgan fingerprint density at radius 3 is 2.67 bits per heavy atom. The predicted octanol–water partition coefficient (Wildman–Crippen LogP) is 2.51. The molecule has 5 heteroatoms. The van der Waals surface area contributed by atoms with E-state index >= 15 is 0 Å². The number of nitrogens with one attached hydrogen (secondary N) is 1. The third-order valence-electron chi connectivity index (χ3n) is 3.05. The summed E-state index contributed by atoms with van der Waals surface area (Å²) in [6.45, 7) is 10.00. The van der Waals surface area contributed by atoms with Gasteiger partial charge in [0, 0.05) is 29.8 Å². The molecule has 0 unspecified atom stereocenters. The number of carbonyl (C=O) groups excluding carboxylic acids is 1. The monoisotopic (exact) mass is 293 g/mol. The van der Waals surface area contributed by atoms with Crippen LogP contribution < -0.4 is 11.1 Å². The van der Waals surface area contributed by atoms with E-state index in [0.717, 1.165) is 25.1 Å². The average molecular weight is 293 g/mol. The molecule has 0 fully saturated rings. The van der Waals surface area contributed by atoms with Crippen molar-refractivity contribution in [3.8, 4) is 0 Å². The SMILES string of the molecule is CCCCOCCNC(=O)c1cc(N)nc(C(C)(C)C)c1. The van der Waals surface area contributed by atoms with Gasteiger partial charge in [-0.05, 0) is 18.6 Å². The molecule has 1 rings (SSSR count). The van der Waals surface area contributed by atoms with E-state index in [1.165, 1.54) is 0 Å². The topological polar surface area (TPSA) is 77.2 Å². The molecule has 1 aromatic heterocycles. The highest BCUT2D eigenvalue weighted by atomic mass is 16.5. The van der Waals surface area contributed by atoms with Crippen LogP contribution in [0.1, 0.15) is 56.6 Å². The van der Waals surface area contributed by atoms with E-state index in [2.05, 4.69) is 17.2 Å². The maximum atomic E-state index is 12.1. The second kappa shape index (κ2) is 7.98. The van der Waals surface area contributed by atoms with Gasteiger partial charge >= 0.3 is 0 Å². The molecule has 0 aliphatic carbocycles. The summed E-state index contributed by atoms with van der Waals surface area (Å²) in [7, 11) is 0. The van der Waals surface area contributed by atoms with Crippen LogP contribution in [0, 0.1) is 0 Å². The molecule has 0 aliphatic rings. The summed E-state index contributed by atoms with van der Waals surface area (Å²) in [5, 5.41) is 2.83. The summed E-state index contributed by atoms with van der Waals surface area (Å²) in [6, 6.07) is 3.39.